The highest BCUT2D eigenvalue weighted by Gasteiger charge is 2.10. The Balaban J connectivity index is 1.45. The molecule has 142 valence electrons. The summed E-state index contributed by atoms with van der Waals surface area (Å²) in [6.07, 6.45) is -0.228. The van der Waals surface area contributed by atoms with Gasteiger partial charge in [-0.15, -0.1) is 0 Å². The fourth-order valence-electron chi connectivity index (χ4n) is 2.67. The van der Waals surface area contributed by atoms with Crippen LogP contribution >= 0.6 is 0 Å². The van der Waals surface area contributed by atoms with Gasteiger partial charge in [-0.3, -0.25) is 9.59 Å². The average Bonchev–Trinajstić information content (AvgIpc) is 2.69. The van der Waals surface area contributed by atoms with E-state index in [1.54, 1.807) is 24.3 Å². The predicted molar refractivity (Wildman–Crippen MR) is 109 cm³/mol. The Morgan fingerprint density at radius 2 is 1.54 bits per heavy atom. The summed E-state index contributed by atoms with van der Waals surface area (Å²) in [6.45, 7) is 2.40. The molecule has 28 heavy (non-hydrogen) atoms. The van der Waals surface area contributed by atoms with Gasteiger partial charge >= 0.3 is 0 Å². The Labute approximate surface area is 164 Å². The van der Waals surface area contributed by atoms with Crippen LogP contribution in [0.5, 0.6) is 11.5 Å². The van der Waals surface area contributed by atoms with Crippen molar-refractivity contribution < 1.29 is 14.3 Å². The lowest BCUT2D eigenvalue weighted by Crippen LogP contribution is -2.27. The van der Waals surface area contributed by atoms with E-state index in [-0.39, 0.29) is 18.2 Å². The van der Waals surface area contributed by atoms with Crippen LogP contribution in [0.2, 0.25) is 0 Å². The molecule has 0 atom stereocenters. The number of hydrogen-bond donors (Lipinski definition) is 2. The van der Waals surface area contributed by atoms with E-state index in [0.717, 1.165) is 16.9 Å². The summed E-state index contributed by atoms with van der Waals surface area (Å²) in [6, 6.07) is 24.3. The summed E-state index contributed by atoms with van der Waals surface area (Å²) in [5.74, 6) is 0.728. The first-order valence-corrected chi connectivity index (χ1v) is 9.03. The highest BCUT2D eigenvalue weighted by molar-refractivity contribution is 6.03. The first kappa shape index (κ1) is 19.2. The lowest BCUT2D eigenvalue weighted by atomic mass is 10.1. The van der Waals surface area contributed by atoms with E-state index in [4.69, 9.17) is 4.74 Å². The van der Waals surface area contributed by atoms with E-state index in [0.29, 0.717) is 18.0 Å². The van der Waals surface area contributed by atoms with Crippen LogP contribution < -0.4 is 15.4 Å². The molecule has 0 fully saturated rings. The second-order valence-corrected chi connectivity index (χ2v) is 6.43. The minimum atomic E-state index is -0.363. The van der Waals surface area contributed by atoms with Gasteiger partial charge in [-0.2, -0.15) is 0 Å². The number of para-hydroxylation sites is 1. The number of amides is 2. The number of ether oxygens (including phenoxy) is 1. The van der Waals surface area contributed by atoms with Gasteiger partial charge in [0.15, 0.2) is 0 Å². The molecule has 2 amide bonds. The van der Waals surface area contributed by atoms with Gasteiger partial charge in [0.1, 0.15) is 17.9 Å². The summed E-state index contributed by atoms with van der Waals surface area (Å²) >= 11 is 0. The van der Waals surface area contributed by atoms with E-state index < -0.39 is 0 Å². The van der Waals surface area contributed by atoms with Crippen LogP contribution in [0.15, 0.2) is 78.9 Å². The van der Waals surface area contributed by atoms with Crippen molar-refractivity contribution >= 4 is 17.5 Å². The molecule has 3 aromatic rings. The normalized spacial score (nSPS) is 10.2. The van der Waals surface area contributed by atoms with E-state index in [2.05, 4.69) is 10.6 Å². The van der Waals surface area contributed by atoms with Gasteiger partial charge in [0.05, 0.1) is 0 Å². The molecular formula is C23H22N2O3. The number of benzene rings is 3. The third-order valence-corrected chi connectivity index (χ3v) is 4.01. The van der Waals surface area contributed by atoms with Crippen molar-refractivity contribution in [1.29, 1.82) is 0 Å². The lowest BCUT2D eigenvalue weighted by molar-refractivity contribution is -0.126. The third kappa shape index (κ3) is 5.99. The van der Waals surface area contributed by atoms with E-state index in [1.807, 2.05) is 61.5 Å². The Bertz CT molecular complexity index is 938. The van der Waals surface area contributed by atoms with Crippen LogP contribution in [0.3, 0.4) is 0 Å². The number of carbonyl (C=O) groups is 2. The topological polar surface area (TPSA) is 67.4 Å². The quantitative estimate of drug-likeness (QED) is 0.601. The SMILES string of the molecule is Cc1cccc(CNC(=O)CC(=O)Nc2ccc(Oc3ccccc3)cc2)c1. The summed E-state index contributed by atoms with van der Waals surface area (Å²) < 4.78 is 5.71. The second kappa shape index (κ2) is 9.37. The smallest absolute Gasteiger partial charge is 0.233 e. The molecule has 5 nitrogen and oxygen atoms in total. The first-order valence-electron chi connectivity index (χ1n) is 9.03. The number of hydrogen-bond acceptors (Lipinski definition) is 3. The van der Waals surface area contributed by atoms with Crippen molar-refractivity contribution in [1.82, 2.24) is 5.32 Å². The molecule has 3 aromatic carbocycles. The van der Waals surface area contributed by atoms with Crippen molar-refractivity contribution in [2.45, 2.75) is 19.9 Å². The molecule has 0 aliphatic carbocycles. The standard InChI is InChI=1S/C23H22N2O3/c1-17-6-5-7-18(14-17)16-24-22(26)15-23(27)25-19-10-12-21(13-11-19)28-20-8-3-2-4-9-20/h2-14H,15-16H2,1H3,(H,24,26)(H,25,27). The number of carbonyl (C=O) groups excluding carboxylic acids is 2. The van der Waals surface area contributed by atoms with Gasteiger partial charge in [-0.1, -0.05) is 48.0 Å². The molecule has 5 heteroatoms. The van der Waals surface area contributed by atoms with Crippen LogP contribution in [0.1, 0.15) is 17.5 Å². The van der Waals surface area contributed by atoms with Gasteiger partial charge in [0.25, 0.3) is 0 Å². The van der Waals surface area contributed by atoms with Crippen LogP contribution in [-0.2, 0) is 16.1 Å². The molecule has 0 heterocycles. The fourth-order valence-corrected chi connectivity index (χ4v) is 2.67. The molecule has 2 N–H and O–H groups in total. The van der Waals surface area contributed by atoms with Gasteiger partial charge in [0.2, 0.25) is 11.8 Å². The zero-order chi connectivity index (χ0) is 19.8. The molecule has 0 radical (unpaired) electrons. The average molecular weight is 374 g/mol. The summed E-state index contributed by atoms with van der Waals surface area (Å²) in [4.78, 5) is 24.0. The molecule has 0 spiro atoms. The Morgan fingerprint density at radius 3 is 2.25 bits per heavy atom. The summed E-state index contributed by atoms with van der Waals surface area (Å²) in [5.41, 5.74) is 2.74. The molecule has 0 saturated carbocycles. The van der Waals surface area contributed by atoms with Crippen molar-refractivity contribution in [3.8, 4) is 11.5 Å². The highest BCUT2D eigenvalue weighted by Crippen LogP contribution is 2.22. The molecule has 0 aromatic heterocycles. The number of nitrogens with one attached hydrogen (secondary N) is 2. The summed E-state index contributed by atoms with van der Waals surface area (Å²) in [7, 11) is 0. The van der Waals surface area contributed by atoms with Crippen LogP contribution in [0.4, 0.5) is 5.69 Å². The van der Waals surface area contributed by atoms with Crippen molar-refractivity contribution in [2.24, 2.45) is 0 Å². The molecule has 3 rings (SSSR count). The van der Waals surface area contributed by atoms with Crippen LogP contribution in [-0.4, -0.2) is 11.8 Å². The molecule has 0 unspecified atom stereocenters. The zero-order valence-corrected chi connectivity index (χ0v) is 15.6. The van der Waals surface area contributed by atoms with Crippen LogP contribution in [0.25, 0.3) is 0 Å². The van der Waals surface area contributed by atoms with Crippen LogP contribution in [0, 0.1) is 6.92 Å². The Morgan fingerprint density at radius 1 is 0.821 bits per heavy atom. The third-order valence-electron chi connectivity index (χ3n) is 4.01. The number of anilines is 1. The Kier molecular flexibility index (Phi) is 6.41. The zero-order valence-electron chi connectivity index (χ0n) is 15.6. The number of aryl methyl sites for hydroxylation is 1. The molecule has 0 bridgehead atoms. The molecule has 0 aliphatic heterocycles. The van der Waals surface area contributed by atoms with E-state index in [1.165, 1.54) is 0 Å². The van der Waals surface area contributed by atoms with Gasteiger partial charge in [-0.25, -0.2) is 0 Å². The van der Waals surface area contributed by atoms with E-state index in [9.17, 15) is 9.59 Å². The van der Waals surface area contributed by atoms with E-state index >= 15 is 0 Å². The summed E-state index contributed by atoms with van der Waals surface area (Å²) in [5, 5.41) is 5.48. The lowest BCUT2D eigenvalue weighted by Gasteiger charge is -2.09. The predicted octanol–water partition coefficient (Wildman–Crippen LogP) is 4.43. The van der Waals surface area contributed by atoms with Crippen molar-refractivity contribution in [3.63, 3.8) is 0 Å². The fraction of sp³-hybridized carbons (Fsp3) is 0.130. The molecule has 0 aliphatic rings. The second-order valence-electron chi connectivity index (χ2n) is 6.43. The van der Waals surface area contributed by atoms with Gasteiger partial charge < -0.3 is 15.4 Å². The maximum absolute atomic E-state index is 12.1. The van der Waals surface area contributed by atoms with Gasteiger partial charge in [0, 0.05) is 12.2 Å². The highest BCUT2D eigenvalue weighted by atomic mass is 16.5. The Hall–Kier alpha value is -3.60. The maximum Gasteiger partial charge on any atom is 0.233 e. The monoisotopic (exact) mass is 374 g/mol. The first-order chi connectivity index (χ1) is 13.6. The maximum atomic E-state index is 12.1. The van der Waals surface area contributed by atoms with Gasteiger partial charge in [-0.05, 0) is 48.9 Å². The minimum Gasteiger partial charge on any atom is -0.457 e. The number of rotatable bonds is 7. The molecule has 0 saturated heterocycles. The largest absolute Gasteiger partial charge is 0.457 e. The van der Waals surface area contributed by atoms with Crippen molar-refractivity contribution in [3.05, 3.63) is 90.0 Å². The molecular weight excluding hydrogens is 352 g/mol. The minimum absolute atomic E-state index is 0.228. The van der Waals surface area contributed by atoms with Crippen molar-refractivity contribution in [2.75, 3.05) is 5.32 Å².